The van der Waals surface area contributed by atoms with Crippen LogP contribution in [0.25, 0.3) is 0 Å². The Morgan fingerprint density at radius 3 is 2.46 bits per heavy atom. The number of hydrogen-bond donors (Lipinski definition) is 6. The summed E-state index contributed by atoms with van der Waals surface area (Å²) in [6.45, 7) is 8.72. The Labute approximate surface area is 223 Å². The molecule has 1 aromatic carbocycles. The maximum atomic E-state index is 13.2. The number of nitrogens with zero attached hydrogens (tertiary/aromatic N) is 4. The number of carbonyl (C=O) groups excluding carboxylic acids is 1. The lowest BCUT2D eigenvalue weighted by Gasteiger charge is -2.23. The highest BCUT2D eigenvalue weighted by Crippen LogP contribution is 2.32. The van der Waals surface area contributed by atoms with Crippen LogP contribution in [0.5, 0.6) is 0 Å². The topological polar surface area (TPSA) is 157 Å². The monoisotopic (exact) mass is 528 g/mol. The summed E-state index contributed by atoms with van der Waals surface area (Å²) < 4.78 is 1.42. The van der Waals surface area contributed by atoms with Gasteiger partial charge in [-0.1, -0.05) is 12.8 Å². The molecule has 0 radical (unpaired) electrons. The zero-order chi connectivity index (χ0) is 28.0. The summed E-state index contributed by atoms with van der Waals surface area (Å²) in [5, 5.41) is 33.1. The molecule has 1 amide bonds. The highest BCUT2D eigenvalue weighted by atomic mass is 32.1. The van der Waals surface area contributed by atoms with E-state index in [9.17, 15) is 20.1 Å². The number of hydrogen-bond acceptors (Lipinski definition) is 9. The Hall–Kier alpha value is -3.41. The second kappa shape index (κ2) is 12.2. The van der Waals surface area contributed by atoms with E-state index in [4.69, 9.17) is 5.73 Å². The van der Waals surface area contributed by atoms with Crippen molar-refractivity contribution in [1.29, 1.82) is 0 Å². The minimum Gasteiger partial charge on any atom is -0.513 e. The molecule has 0 aliphatic rings. The molecule has 2 aromatic rings. The number of aliphatic imine (C=N–C) groups is 2. The van der Waals surface area contributed by atoms with E-state index in [1.807, 2.05) is 6.92 Å². The SMILES string of the molecule is Cc1cc(C(=N/C(=C\O)C(=O)Nc2cc(C=NCCC(C)(C)O)c(N)cc2C(C)(C)O)N(C)S)ccn1. The standard InChI is InChI=1S/C26H36N6O4S/c1-16-11-17(7-9-29-16)23(32(6)37)30-22(15-33)24(34)31-21-12-18(14-28-10-8-25(2,3)35)20(27)13-19(21)26(4,5)36/h7,9,11-15,33,35-37H,8,10,27H2,1-6H3,(H,31,34)/b22-15-,28-14?,30-23?. The van der Waals surface area contributed by atoms with Crippen LogP contribution in [0, 0.1) is 6.92 Å². The van der Waals surface area contributed by atoms with E-state index in [1.165, 1.54) is 4.31 Å². The molecule has 2 rings (SSSR count). The fourth-order valence-electron chi connectivity index (χ4n) is 3.30. The van der Waals surface area contributed by atoms with Gasteiger partial charge in [-0.3, -0.25) is 14.8 Å². The first-order chi connectivity index (χ1) is 17.1. The van der Waals surface area contributed by atoms with E-state index >= 15 is 0 Å². The highest BCUT2D eigenvalue weighted by molar-refractivity contribution is 7.78. The van der Waals surface area contributed by atoms with Gasteiger partial charge in [0.25, 0.3) is 5.91 Å². The number of nitrogen functional groups attached to an aromatic ring is 1. The van der Waals surface area contributed by atoms with Gasteiger partial charge >= 0.3 is 0 Å². The summed E-state index contributed by atoms with van der Waals surface area (Å²) in [7, 11) is 1.64. The maximum Gasteiger partial charge on any atom is 0.277 e. The van der Waals surface area contributed by atoms with Gasteiger partial charge in [-0.25, -0.2) is 4.99 Å². The molecule has 1 heterocycles. The number of thiol groups is 1. The van der Waals surface area contributed by atoms with Gasteiger partial charge in [0.15, 0.2) is 5.70 Å². The highest BCUT2D eigenvalue weighted by Gasteiger charge is 2.24. The van der Waals surface area contributed by atoms with Crippen molar-refractivity contribution >= 4 is 42.1 Å². The second-order valence-corrected chi connectivity index (χ2v) is 10.4. The number of aromatic nitrogens is 1. The van der Waals surface area contributed by atoms with Gasteiger partial charge in [0.1, 0.15) is 12.1 Å². The Balaban J connectivity index is 2.44. The van der Waals surface area contributed by atoms with Crippen LogP contribution in [0.15, 0.2) is 52.4 Å². The van der Waals surface area contributed by atoms with E-state index in [0.717, 1.165) is 5.69 Å². The average molecular weight is 529 g/mol. The Morgan fingerprint density at radius 1 is 1.24 bits per heavy atom. The summed E-state index contributed by atoms with van der Waals surface area (Å²) in [4.78, 5) is 26.0. The molecule has 11 heteroatoms. The number of amides is 1. The quantitative estimate of drug-likeness (QED) is 0.0728. The Kier molecular flexibility index (Phi) is 9.85. The predicted molar refractivity (Wildman–Crippen MR) is 151 cm³/mol. The van der Waals surface area contributed by atoms with Crippen LogP contribution >= 0.6 is 12.8 Å². The summed E-state index contributed by atoms with van der Waals surface area (Å²) >= 11 is 4.32. The van der Waals surface area contributed by atoms with E-state index in [0.29, 0.717) is 47.4 Å². The van der Waals surface area contributed by atoms with E-state index in [1.54, 1.807) is 71.4 Å². The number of anilines is 2. The fourth-order valence-corrected chi connectivity index (χ4v) is 3.46. The first-order valence-corrected chi connectivity index (χ1v) is 12.0. The van der Waals surface area contributed by atoms with E-state index in [-0.39, 0.29) is 11.4 Å². The minimum absolute atomic E-state index is 0.269. The molecule has 0 spiro atoms. The zero-order valence-electron chi connectivity index (χ0n) is 22.0. The lowest BCUT2D eigenvalue weighted by Crippen LogP contribution is -2.24. The van der Waals surface area contributed by atoms with Gasteiger partial charge in [0.2, 0.25) is 0 Å². The van der Waals surface area contributed by atoms with Crippen LogP contribution in [0.3, 0.4) is 0 Å². The molecule has 0 aliphatic carbocycles. The molecule has 37 heavy (non-hydrogen) atoms. The Morgan fingerprint density at radius 2 is 1.92 bits per heavy atom. The van der Waals surface area contributed by atoms with Crippen LogP contribution in [0.4, 0.5) is 11.4 Å². The first-order valence-electron chi connectivity index (χ1n) is 11.6. The number of aliphatic hydroxyl groups is 3. The van der Waals surface area contributed by atoms with Crippen molar-refractivity contribution in [2.45, 2.75) is 52.2 Å². The minimum atomic E-state index is -1.34. The van der Waals surface area contributed by atoms with Gasteiger partial charge in [0, 0.05) is 59.8 Å². The first kappa shape index (κ1) is 29.8. The zero-order valence-corrected chi connectivity index (χ0v) is 22.9. The number of nitrogens with one attached hydrogen (secondary N) is 1. The van der Waals surface area contributed by atoms with Crippen LogP contribution in [0.2, 0.25) is 0 Å². The molecule has 0 atom stereocenters. The molecular formula is C26H36N6O4S. The third kappa shape index (κ3) is 8.88. The number of nitrogens with two attached hydrogens (primary N) is 1. The summed E-state index contributed by atoms with van der Waals surface area (Å²) in [5.41, 5.74) is 6.60. The van der Waals surface area contributed by atoms with Crippen molar-refractivity contribution in [3.05, 3.63) is 64.8 Å². The van der Waals surface area contributed by atoms with Crippen LogP contribution < -0.4 is 11.1 Å². The summed E-state index contributed by atoms with van der Waals surface area (Å²) in [6.07, 6.45) is 4.21. The third-order valence-corrected chi connectivity index (χ3v) is 5.45. The molecule has 0 bridgehead atoms. The number of amidine groups is 1. The molecule has 6 N–H and O–H groups in total. The van der Waals surface area contributed by atoms with Gasteiger partial charge in [-0.2, -0.15) is 0 Å². The van der Waals surface area contributed by atoms with Gasteiger partial charge in [-0.15, -0.1) is 0 Å². The molecule has 0 aliphatic heterocycles. The van der Waals surface area contributed by atoms with Gasteiger partial charge < -0.3 is 30.7 Å². The normalized spacial score (nSPS) is 13.2. The largest absolute Gasteiger partial charge is 0.513 e. The van der Waals surface area contributed by atoms with Crippen molar-refractivity contribution in [3.8, 4) is 0 Å². The predicted octanol–water partition coefficient (Wildman–Crippen LogP) is 3.34. The van der Waals surface area contributed by atoms with Crippen molar-refractivity contribution in [1.82, 2.24) is 9.29 Å². The molecule has 0 saturated carbocycles. The fraction of sp³-hybridized carbons (Fsp3) is 0.385. The molecule has 200 valence electrons. The van der Waals surface area contributed by atoms with E-state index in [2.05, 4.69) is 33.1 Å². The molecular weight excluding hydrogens is 492 g/mol. The number of aliphatic hydroxyl groups excluding tert-OH is 1. The van der Waals surface area contributed by atoms with Crippen LogP contribution in [-0.2, 0) is 10.4 Å². The van der Waals surface area contributed by atoms with Crippen LogP contribution in [0.1, 0.15) is 56.5 Å². The van der Waals surface area contributed by atoms with Crippen molar-refractivity contribution < 1.29 is 20.1 Å². The van der Waals surface area contributed by atoms with Crippen LogP contribution in [-0.4, -0.2) is 61.8 Å². The number of aryl methyl sites for hydroxylation is 1. The van der Waals surface area contributed by atoms with Crippen molar-refractivity contribution in [3.63, 3.8) is 0 Å². The molecule has 1 aromatic heterocycles. The lowest BCUT2D eigenvalue weighted by atomic mass is 9.94. The number of rotatable bonds is 9. The maximum absolute atomic E-state index is 13.2. The average Bonchev–Trinajstić information content (AvgIpc) is 2.77. The third-order valence-electron chi connectivity index (χ3n) is 5.26. The molecule has 0 fully saturated rings. The summed E-state index contributed by atoms with van der Waals surface area (Å²) in [5.74, 6) is -0.412. The molecule has 0 unspecified atom stereocenters. The molecule has 10 nitrogen and oxygen atoms in total. The Bertz CT molecular complexity index is 1210. The van der Waals surface area contributed by atoms with Gasteiger partial charge in [0.05, 0.1) is 11.2 Å². The van der Waals surface area contributed by atoms with E-state index < -0.39 is 17.1 Å². The summed E-state index contributed by atoms with van der Waals surface area (Å²) in [6, 6.07) is 6.63. The number of pyridine rings is 1. The van der Waals surface area contributed by atoms with Gasteiger partial charge in [-0.05, 0) is 65.3 Å². The molecule has 0 saturated heterocycles. The lowest BCUT2D eigenvalue weighted by molar-refractivity contribution is -0.113. The van der Waals surface area contributed by atoms with Crippen molar-refractivity contribution in [2.75, 3.05) is 24.6 Å². The van der Waals surface area contributed by atoms with Crippen molar-refractivity contribution in [2.24, 2.45) is 9.98 Å². The number of benzene rings is 1. The second-order valence-electron chi connectivity index (χ2n) is 9.80. The number of carbonyl (C=O) groups is 1. The smallest absolute Gasteiger partial charge is 0.277 e.